The quantitative estimate of drug-likeness (QED) is 0.519. The van der Waals surface area contributed by atoms with Crippen LogP contribution in [0.3, 0.4) is 0 Å². The first-order valence-corrected chi connectivity index (χ1v) is 10.1. The number of hydrazine groups is 1. The van der Waals surface area contributed by atoms with Gasteiger partial charge in [0.25, 0.3) is 17.7 Å². The molecule has 0 aliphatic rings. The Kier molecular flexibility index (Phi) is 7.23. The summed E-state index contributed by atoms with van der Waals surface area (Å²) >= 11 is 0. The molecule has 3 amide bonds. The van der Waals surface area contributed by atoms with Crippen molar-refractivity contribution >= 4 is 23.4 Å². The molecule has 7 heteroatoms. The predicted molar refractivity (Wildman–Crippen MR) is 123 cm³/mol. The van der Waals surface area contributed by atoms with Crippen molar-refractivity contribution in [1.29, 1.82) is 0 Å². The van der Waals surface area contributed by atoms with Crippen molar-refractivity contribution in [2.75, 3.05) is 11.9 Å². The van der Waals surface area contributed by atoms with Crippen LogP contribution >= 0.6 is 0 Å². The molecule has 0 radical (unpaired) electrons. The Morgan fingerprint density at radius 2 is 1.41 bits per heavy atom. The summed E-state index contributed by atoms with van der Waals surface area (Å²) in [6, 6.07) is 19.3. The van der Waals surface area contributed by atoms with Crippen molar-refractivity contribution in [1.82, 2.24) is 10.9 Å². The summed E-state index contributed by atoms with van der Waals surface area (Å²) in [6.45, 7) is 5.48. The van der Waals surface area contributed by atoms with Crippen LogP contribution < -0.4 is 20.9 Å². The number of hydrogen-bond acceptors (Lipinski definition) is 4. The zero-order valence-corrected chi connectivity index (χ0v) is 18.2. The Hall–Kier alpha value is -4.13. The minimum absolute atomic E-state index is 0.226. The molecule has 0 aromatic heterocycles. The molecule has 0 aliphatic carbocycles. The minimum Gasteiger partial charge on any atom is -0.483 e. The lowest BCUT2D eigenvalue weighted by Crippen LogP contribution is -2.43. The SMILES string of the molecule is Cc1cccc(C(=O)Nc2ccc(C(=O)NNC(=O)COc3c(C)cccc3C)cc2)c1. The Morgan fingerprint density at radius 1 is 0.750 bits per heavy atom. The Labute approximate surface area is 186 Å². The van der Waals surface area contributed by atoms with Crippen LogP contribution in [0.4, 0.5) is 5.69 Å². The van der Waals surface area contributed by atoms with Gasteiger partial charge in [-0.05, 0) is 68.3 Å². The lowest BCUT2D eigenvalue weighted by molar-refractivity contribution is -0.123. The van der Waals surface area contributed by atoms with Crippen molar-refractivity contribution in [3.63, 3.8) is 0 Å². The van der Waals surface area contributed by atoms with Gasteiger partial charge in [-0.3, -0.25) is 25.2 Å². The van der Waals surface area contributed by atoms with Gasteiger partial charge in [0.2, 0.25) is 0 Å². The number of carbonyl (C=O) groups is 3. The van der Waals surface area contributed by atoms with Gasteiger partial charge in [-0.1, -0.05) is 35.9 Å². The number of amides is 3. The fourth-order valence-electron chi connectivity index (χ4n) is 3.09. The molecule has 32 heavy (non-hydrogen) atoms. The van der Waals surface area contributed by atoms with Crippen molar-refractivity contribution in [3.05, 3.63) is 94.5 Å². The van der Waals surface area contributed by atoms with E-state index in [4.69, 9.17) is 4.74 Å². The number of rotatable bonds is 6. The number of benzene rings is 3. The monoisotopic (exact) mass is 431 g/mol. The number of para-hydroxylation sites is 1. The molecule has 0 unspecified atom stereocenters. The fraction of sp³-hybridized carbons (Fsp3) is 0.160. The maximum absolute atomic E-state index is 12.3. The molecule has 0 saturated heterocycles. The third kappa shape index (κ3) is 5.95. The normalized spacial score (nSPS) is 10.2. The average Bonchev–Trinajstić information content (AvgIpc) is 2.77. The zero-order valence-electron chi connectivity index (χ0n) is 18.2. The third-order valence-corrected chi connectivity index (χ3v) is 4.76. The van der Waals surface area contributed by atoms with Gasteiger partial charge in [-0.2, -0.15) is 0 Å². The van der Waals surface area contributed by atoms with E-state index >= 15 is 0 Å². The molecule has 3 aromatic carbocycles. The second kappa shape index (κ2) is 10.3. The van der Waals surface area contributed by atoms with Crippen molar-refractivity contribution < 1.29 is 19.1 Å². The molecule has 3 rings (SSSR count). The summed E-state index contributed by atoms with van der Waals surface area (Å²) in [6.07, 6.45) is 0. The van der Waals surface area contributed by atoms with Crippen LogP contribution in [0.1, 0.15) is 37.4 Å². The van der Waals surface area contributed by atoms with Gasteiger partial charge < -0.3 is 10.1 Å². The van der Waals surface area contributed by atoms with Crippen LogP contribution in [0.15, 0.2) is 66.7 Å². The molecule has 0 aliphatic heterocycles. The number of hydrogen-bond donors (Lipinski definition) is 3. The van der Waals surface area contributed by atoms with Crippen LogP contribution in [0.2, 0.25) is 0 Å². The molecule has 0 atom stereocenters. The number of nitrogens with one attached hydrogen (secondary N) is 3. The van der Waals surface area contributed by atoms with E-state index in [1.54, 1.807) is 36.4 Å². The van der Waals surface area contributed by atoms with Gasteiger partial charge in [0.05, 0.1) is 0 Å². The first-order valence-electron chi connectivity index (χ1n) is 10.1. The molecular weight excluding hydrogens is 406 g/mol. The van der Waals surface area contributed by atoms with Gasteiger partial charge in [-0.15, -0.1) is 0 Å². The van der Waals surface area contributed by atoms with E-state index in [0.717, 1.165) is 16.7 Å². The molecule has 0 fully saturated rings. The molecule has 0 spiro atoms. The van der Waals surface area contributed by atoms with E-state index in [1.807, 2.05) is 51.1 Å². The Bertz CT molecular complexity index is 1120. The summed E-state index contributed by atoms with van der Waals surface area (Å²) in [7, 11) is 0. The molecule has 0 bridgehead atoms. The zero-order chi connectivity index (χ0) is 23.1. The predicted octanol–water partition coefficient (Wildman–Crippen LogP) is 3.70. The highest BCUT2D eigenvalue weighted by atomic mass is 16.5. The number of ether oxygens (including phenoxy) is 1. The molecular formula is C25H25N3O4. The van der Waals surface area contributed by atoms with Gasteiger partial charge in [0.1, 0.15) is 5.75 Å². The highest BCUT2D eigenvalue weighted by molar-refractivity contribution is 6.04. The molecule has 3 N–H and O–H groups in total. The van der Waals surface area contributed by atoms with Crippen LogP contribution in [0.25, 0.3) is 0 Å². The van der Waals surface area contributed by atoms with Gasteiger partial charge in [0, 0.05) is 16.8 Å². The Balaban J connectivity index is 1.49. The molecule has 7 nitrogen and oxygen atoms in total. The van der Waals surface area contributed by atoms with Crippen LogP contribution in [0, 0.1) is 20.8 Å². The number of carbonyl (C=O) groups excluding carboxylic acids is 3. The lowest BCUT2D eigenvalue weighted by atomic mass is 10.1. The van der Waals surface area contributed by atoms with E-state index in [1.165, 1.54) is 0 Å². The average molecular weight is 431 g/mol. The lowest BCUT2D eigenvalue weighted by Gasteiger charge is -2.12. The highest BCUT2D eigenvalue weighted by Gasteiger charge is 2.11. The van der Waals surface area contributed by atoms with Gasteiger partial charge in [0.15, 0.2) is 6.61 Å². The summed E-state index contributed by atoms with van der Waals surface area (Å²) < 4.78 is 5.56. The van der Waals surface area contributed by atoms with Crippen LogP contribution in [0.5, 0.6) is 5.75 Å². The van der Waals surface area contributed by atoms with Crippen molar-refractivity contribution in [2.45, 2.75) is 20.8 Å². The van der Waals surface area contributed by atoms with Crippen molar-refractivity contribution in [2.24, 2.45) is 0 Å². The smallest absolute Gasteiger partial charge is 0.276 e. The second-order valence-corrected chi connectivity index (χ2v) is 7.41. The van der Waals surface area contributed by atoms with Crippen LogP contribution in [-0.2, 0) is 4.79 Å². The topological polar surface area (TPSA) is 96.5 Å². The van der Waals surface area contributed by atoms with E-state index < -0.39 is 11.8 Å². The highest BCUT2D eigenvalue weighted by Crippen LogP contribution is 2.22. The second-order valence-electron chi connectivity index (χ2n) is 7.41. The van der Waals surface area contributed by atoms with E-state index in [-0.39, 0.29) is 12.5 Å². The largest absolute Gasteiger partial charge is 0.483 e. The number of aryl methyl sites for hydroxylation is 3. The number of anilines is 1. The van der Waals surface area contributed by atoms with E-state index in [2.05, 4.69) is 16.2 Å². The molecule has 0 saturated carbocycles. The van der Waals surface area contributed by atoms with E-state index in [0.29, 0.717) is 22.6 Å². The first kappa shape index (κ1) is 22.6. The maximum Gasteiger partial charge on any atom is 0.276 e. The maximum atomic E-state index is 12.3. The summed E-state index contributed by atoms with van der Waals surface area (Å²) in [5.74, 6) is -0.552. The molecule has 0 heterocycles. The standard InChI is InChI=1S/C25H25N3O4/c1-16-6-4-9-20(14-16)24(30)26-21-12-10-19(11-13-21)25(31)28-27-22(29)15-32-23-17(2)7-5-8-18(23)3/h4-14H,15H2,1-3H3,(H,26,30)(H,27,29)(H,28,31). The van der Waals surface area contributed by atoms with Gasteiger partial charge in [-0.25, -0.2) is 0 Å². The fourth-order valence-corrected chi connectivity index (χ4v) is 3.09. The van der Waals surface area contributed by atoms with E-state index in [9.17, 15) is 14.4 Å². The third-order valence-electron chi connectivity index (χ3n) is 4.76. The summed E-state index contributed by atoms with van der Waals surface area (Å²) in [4.78, 5) is 36.6. The summed E-state index contributed by atoms with van der Waals surface area (Å²) in [5, 5.41) is 2.79. The summed E-state index contributed by atoms with van der Waals surface area (Å²) in [5.41, 5.74) is 8.96. The molecule has 164 valence electrons. The van der Waals surface area contributed by atoms with Crippen LogP contribution in [-0.4, -0.2) is 24.3 Å². The van der Waals surface area contributed by atoms with Gasteiger partial charge >= 0.3 is 0 Å². The Morgan fingerprint density at radius 3 is 2.06 bits per heavy atom. The minimum atomic E-state index is -0.484. The molecule has 3 aromatic rings. The van der Waals surface area contributed by atoms with Crippen molar-refractivity contribution in [3.8, 4) is 5.75 Å². The first-order chi connectivity index (χ1) is 15.3.